The molecule has 0 atom stereocenters. The first-order valence-corrected chi connectivity index (χ1v) is 0.836. The Morgan fingerprint density at radius 3 is 2.00 bits per heavy atom. The summed E-state index contributed by atoms with van der Waals surface area (Å²) in [6.45, 7) is 0. The number of methoxy groups -OCH3 is 1. The van der Waals surface area contributed by atoms with Crippen molar-refractivity contribution in [2.24, 2.45) is 0 Å². The van der Waals surface area contributed by atoms with Crippen LogP contribution in [0.3, 0.4) is 0 Å². The van der Waals surface area contributed by atoms with Crippen LogP contribution >= 0.6 is 0 Å². The van der Waals surface area contributed by atoms with Gasteiger partial charge >= 0.3 is 51.4 Å². The van der Waals surface area contributed by atoms with E-state index in [0.29, 0.717) is 0 Å². The molecule has 0 saturated heterocycles. The van der Waals surface area contributed by atoms with Crippen molar-refractivity contribution in [3.8, 4) is 6.26 Å². The summed E-state index contributed by atoms with van der Waals surface area (Å²) in [7, 11) is 1.32. The fraction of sp³-hybridized carbons (Fsp3) is 0.500. The Labute approximate surface area is 73.5 Å². The standard InChI is InChI=1S/C2H3NO.K.H/c1-4-2-3;;/h1H3;;. The maximum atomic E-state index is 7.40. The SMILES string of the molecule is COC#N.[KH]. The summed E-state index contributed by atoms with van der Waals surface area (Å²) >= 11 is 0. The van der Waals surface area contributed by atoms with E-state index in [2.05, 4.69) is 4.74 Å². The molecule has 0 aromatic carbocycles. The van der Waals surface area contributed by atoms with Crippen LogP contribution < -0.4 is 0 Å². The van der Waals surface area contributed by atoms with Gasteiger partial charge in [0.2, 0.25) is 0 Å². The van der Waals surface area contributed by atoms with Crippen LogP contribution in [0.1, 0.15) is 0 Å². The number of hydrogen-bond acceptors (Lipinski definition) is 2. The molecular weight excluding hydrogens is 93.1 g/mol. The molecule has 0 N–H and O–H groups in total. The topological polar surface area (TPSA) is 33.0 Å². The summed E-state index contributed by atoms with van der Waals surface area (Å²) in [5, 5.41) is 7.40. The molecule has 0 aliphatic carbocycles. The van der Waals surface area contributed by atoms with Gasteiger partial charge in [0.05, 0.1) is 7.11 Å². The maximum absolute atomic E-state index is 7.40. The predicted molar refractivity (Wildman–Crippen MR) is 19.8 cm³/mol. The zero-order chi connectivity index (χ0) is 3.41. The zero-order valence-corrected chi connectivity index (χ0v) is 2.36. The van der Waals surface area contributed by atoms with Crippen LogP contribution in [0.5, 0.6) is 0 Å². The van der Waals surface area contributed by atoms with E-state index in [-0.39, 0.29) is 51.4 Å². The molecule has 3 heteroatoms. The van der Waals surface area contributed by atoms with Gasteiger partial charge in [-0.3, -0.25) is 0 Å². The van der Waals surface area contributed by atoms with Crippen molar-refractivity contribution in [1.29, 1.82) is 5.26 Å². The van der Waals surface area contributed by atoms with E-state index in [1.807, 2.05) is 0 Å². The molecule has 0 heterocycles. The first-order valence-electron chi connectivity index (χ1n) is 0.836. The second kappa shape index (κ2) is 8.87. The minimum absolute atomic E-state index is 0. The van der Waals surface area contributed by atoms with E-state index >= 15 is 0 Å². The van der Waals surface area contributed by atoms with Crippen molar-refractivity contribution in [3.63, 3.8) is 0 Å². The van der Waals surface area contributed by atoms with E-state index in [9.17, 15) is 0 Å². The van der Waals surface area contributed by atoms with Crippen molar-refractivity contribution >= 4 is 51.4 Å². The van der Waals surface area contributed by atoms with Gasteiger partial charge in [0, 0.05) is 0 Å². The fourth-order valence-corrected chi connectivity index (χ4v) is 0. The molecule has 0 saturated carbocycles. The molecule has 0 radical (unpaired) electrons. The Hall–Kier alpha value is 0.926. The normalized spacial score (nSPS) is 3.20. The Bertz CT molecular complexity index is 39.4. The molecule has 0 spiro atoms. The number of ether oxygens (including phenoxy) is 1. The second-order valence-electron chi connectivity index (χ2n) is 0.295. The third-order valence-corrected chi connectivity index (χ3v) is 0.0913. The van der Waals surface area contributed by atoms with Crippen LogP contribution in [0, 0.1) is 11.5 Å². The molecule has 24 valence electrons. The Morgan fingerprint density at radius 2 is 2.00 bits per heavy atom. The summed E-state index contributed by atoms with van der Waals surface area (Å²) in [6.07, 6.45) is 1.43. The van der Waals surface area contributed by atoms with Crippen LogP contribution in [-0.4, -0.2) is 58.5 Å². The van der Waals surface area contributed by atoms with E-state index in [0.717, 1.165) is 0 Å². The average molecular weight is 97.2 g/mol. The molecule has 0 bridgehead atoms. The van der Waals surface area contributed by atoms with E-state index < -0.39 is 0 Å². The van der Waals surface area contributed by atoms with Crippen molar-refractivity contribution in [2.45, 2.75) is 0 Å². The molecule has 0 fully saturated rings. The van der Waals surface area contributed by atoms with Crippen molar-refractivity contribution in [2.75, 3.05) is 7.11 Å². The summed E-state index contributed by atoms with van der Waals surface area (Å²) in [6, 6.07) is 0. The molecule has 0 amide bonds. The minimum atomic E-state index is 0. The van der Waals surface area contributed by atoms with Crippen LogP contribution in [0.2, 0.25) is 0 Å². The molecule has 0 rings (SSSR count). The van der Waals surface area contributed by atoms with Gasteiger partial charge in [-0.25, -0.2) is 0 Å². The van der Waals surface area contributed by atoms with Gasteiger partial charge in [-0.05, 0) is 0 Å². The number of hydrogen-bond donors (Lipinski definition) is 0. The van der Waals surface area contributed by atoms with Crippen LogP contribution in [0.25, 0.3) is 0 Å². The third-order valence-electron chi connectivity index (χ3n) is 0.0913. The first-order chi connectivity index (χ1) is 1.91. The number of nitriles is 1. The van der Waals surface area contributed by atoms with Crippen LogP contribution in [0.15, 0.2) is 0 Å². The van der Waals surface area contributed by atoms with Gasteiger partial charge in [0.25, 0.3) is 6.26 Å². The van der Waals surface area contributed by atoms with Crippen LogP contribution in [0.4, 0.5) is 0 Å². The Kier molecular flexibility index (Phi) is 16.5. The quantitative estimate of drug-likeness (QED) is 0.300. The first kappa shape index (κ1) is 9.33. The van der Waals surface area contributed by atoms with Crippen molar-refractivity contribution in [3.05, 3.63) is 0 Å². The molecular formula is C2H4KNO. The van der Waals surface area contributed by atoms with E-state index in [4.69, 9.17) is 5.26 Å². The number of nitrogens with zero attached hydrogens (tertiary/aromatic N) is 1. The summed E-state index contributed by atoms with van der Waals surface area (Å²) < 4.78 is 3.85. The summed E-state index contributed by atoms with van der Waals surface area (Å²) in [5.74, 6) is 0. The fourth-order valence-electron chi connectivity index (χ4n) is 0. The van der Waals surface area contributed by atoms with Crippen LogP contribution in [-0.2, 0) is 4.74 Å². The zero-order valence-electron chi connectivity index (χ0n) is 2.36. The van der Waals surface area contributed by atoms with Crippen molar-refractivity contribution < 1.29 is 4.74 Å². The van der Waals surface area contributed by atoms with Gasteiger partial charge in [0.15, 0.2) is 0 Å². The Balaban J connectivity index is 0. The summed E-state index contributed by atoms with van der Waals surface area (Å²) in [5.41, 5.74) is 0. The van der Waals surface area contributed by atoms with Gasteiger partial charge in [0.1, 0.15) is 0 Å². The summed E-state index contributed by atoms with van der Waals surface area (Å²) in [4.78, 5) is 0. The van der Waals surface area contributed by atoms with Gasteiger partial charge < -0.3 is 4.74 Å². The second-order valence-corrected chi connectivity index (χ2v) is 0.295. The molecule has 0 aromatic rings. The molecule has 0 aliphatic rings. The molecule has 0 unspecified atom stereocenters. The molecule has 5 heavy (non-hydrogen) atoms. The third kappa shape index (κ3) is 11.4. The monoisotopic (exact) mass is 97.0 g/mol. The molecule has 2 nitrogen and oxygen atoms in total. The van der Waals surface area contributed by atoms with E-state index in [1.54, 1.807) is 0 Å². The van der Waals surface area contributed by atoms with Crippen molar-refractivity contribution in [1.82, 2.24) is 0 Å². The average Bonchev–Trinajstić information content (AvgIpc) is 1.37. The van der Waals surface area contributed by atoms with Gasteiger partial charge in [-0.1, -0.05) is 0 Å². The Morgan fingerprint density at radius 1 is 1.80 bits per heavy atom. The molecule has 0 aliphatic heterocycles. The number of rotatable bonds is 0. The molecule has 0 aromatic heterocycles. The van der Waals surface area contributed by atoms with Gasteiger partial charge in [-0.15, -0.1) is 0 Å². The van der Waals surface area contributed by atoms with Gasteiger partial charge in [-0.2, -0.15) is 5.26 Å². The predicted octanol–water partition coefficient (Wildman–Crippen LogP) is -0.535. The van der Waals surface area contributed by atoms with E-state index in [1.165, 1.54) is 13.4 Å².